The second kappa shape index (κ2) is 9.13. The lowest BCUT2D eigenvalue weighted by Gasteiger charge is -2.25. The molecule has 25 heavy (non-hydrogen) atoms. The van der Waals surface area contributed by atoms with Gasteiger partial charge in [-0.3, -0.25) is 0 Å². The van der Waals surface area contributed by atoms with Crippen molar-refractivity contribution in [1.29, 1.82) is 0 Å². The molecule has 4 nitrogen and oxygen atoms in total. The van der Waals surface area contributed by atoms with Gasteiger partial charge < -0.3 is 4.90 Å². The maximum absolute atomic E-state index is 12.9. The second-order valence-corrected chi connectivity index (χ2v) is 7.85. The number of likely N-dealkylation sites (N-methyl/N-ethyl adjacent to an activating group) is 2. The zero-order valence-electron chi connectivity index (χ0n) is 15.4. The highest BCUT2D eigenvalue weighted by Gasteiger charge is 2.23. The van der Waals surface area contributed by atoms with Crippen LogP contribution in [0.25, 0.3) is 11.1 Å². The van der Waals surface area contributed by atoms with E-state index in [-0.39, 0.29) is 0 Å². The molecule has 0 aliphatic rings. The number of hydrogen-bond acceptors (Lipinski definition) is 3. The van der Waals surface area contributed by atoms with Crippen molar-refractivity contribution < 1.29 is 8.42 Å². The van der Waals surface area contributed by atoms with Crippen LogP contribution >= 0.6 is 0 Å². The van der Waals surface area contributed by atoms with Gasteiger partial charge in [-0.05, 0) is 36.3 Å². The van der Waals surface area contributed by atoms with E-state index in [0.717, 1.165) is 30.8 Å². The highest BCUT2D eigenvalue weighted by molar-refractivity contribution is 7.89. The molecule has 0 spiro atoms. The Morgan fingerprint density at radius 3 is 1.80 bits per heavy atom. The average Bonchev–Trinajstić information content (AvgIpc) is 2.66. The zero-order chi connectivity index (χ0) is 18.3. The molecule has 0 heterocycles. The van der Waals surface area contributed by atoms with Crippen molar-refractivity contribution in [1.82, 2.24) is 9.21 Å². The Balaban J connectivity index is 2.17. The van der Waals surface area contributed by atoms with Crippen LogP contribution in [0.2, 0.25) is 0 Å². The zero-order valence-corrected chi connectivity index (χ0v) is 16.2. The Bertz CT molecular complexity index is 739. The van der Waals surface area contributed by atoms with Crippen LogP contribution < -0.4 is 0 Å². The van der Waals surface area contributed by atoms with E-state index in [1.165, 1.54) is 0 Å². The summed E-state index contributed by atoms with van der Waals surface area (Å²) in [6.07, 6.45) is 0. The van der Waals surface area contributed by atoms with Crippen LogP contribution in [-0.4, -0.2) is 50.3 Å². The molecule has 0 N–H and O–H groups in total. The Kier molecular flexibility index (Phi) is 7.17. The average molecular weight is 361 g/mol. The Morgan fingerprint density at radius 2 is 1.28 bits per heavy atom. The first-order chi connectivity index (χ1) is 12.0. The summed E-state index contributed by atoms with van der Waals surface area (Å²) in [6, 6.07) is 17.1. The van der Waals surface area contributed by atoms with Gasteiger partial charge in [0.2, 0.25) is 10.0 Å². The van der Waals surface area contributed by atoms with Crippen molar-refractivity contribution in [3.8, 4) is 11.1 Å². The normalized spacial score (nSPS) is 12.0. The van der Waals surface area contributed by atoms with Crippen molar-refractivity contribution in [2.24, 2.45) is 0 Å². The lowest BCUT2D eigenvalue weighted by molar-refractivity contribution is 0.274. The summed E-state index contributed by atoms with van der Waals surface area (Å²) in [5.74, 6) is 0. The fraction of sp³-hybridized carbons (Fsp3) is 0.400. The molecule has 2 aromatic carbocycles. The van der Waals surface area contributed by atoms with Crippen LogP contribution in [0, 0.1) is 0 Å². The molecule has 0 fully saturated rings. The van der Waals surface area contributed by atoms with Gasteiger partial charge in [-0.1, -0.05) is 63.2 Å². The lowest BCUT2D eigenvalue weighted by Crippen LogP contribution is -2.38. The quantitative estimate of drug-likeness (QED) is 0.684. The predicted octanol–water partition coefficient (Wildman–Crippen LogP) is 3.71. The minimum absolute atomic E-state index is 0.355. The van der Waals surface area contributed by atoms with Crippen LogP contribution in [0.5, 0.6) is 0 Å². The van der Waals surface area contributed by atoms with Crippen molar-refractivity contribution in [2.75, 3.05) is 32.7 Å². The molecular weight excluding hydrogens is 332 g/mol. The van der Waals surface area contributed by atoms with Gasteiger partial charge in [0.05, 0.1) is 4.90 Å². The maximum atomic E-state index is 12.9. The molecule has 5 heteroatoms. The van der Waals surface area contributed by atoms with Crippen molar-refractivity contribution in [2.45, 2.75) is 25.7 Å². The molecule has 0 saturated heterocycles. The first kappa shape index (κ1) is 19.6. The summed E-state index contributed by atoms with van der Waals surface area (Å²) in [5, 5.41) is 0. The smallest absolute Gasteiger partial charge is 0.243 e. The molecule has 0 radical (unpaired) electrons. The largest absolute Gasteiger partial charge is 0.303 e. The molecule has 0 aliphatic heterocycles. The van der Waals surface area contributed by atoms with Crippen LogP contribution in [0.4, 0.5) is 0 Å². The highest BCUT2D eigenvalue weighted by Crippen LogP contribution is 2.22. The number of rotatable bonds is 9. The van der Waals surface area contributed by atoms with Gasteiger partial charge in [0, 0.05) is 19.6 Å². The molecule has 0 atom stereocenters. The van der Waals surface area contributed by atoms with E-state index in [1.807, 2.05) is 49.4 Å². The minimum Gasteiger partial charge on any atom is -0.303 e. The molecule has 2 rings (SSSR count). The van der Waals surface area contributed by atoms with Crippen molar-refractivity contribution in [3.05, 3.63) is 54.6 Å². The molecular formula is C20H28N2O2S. The minimum atomic E-state index is -3.46. The molecule has 136 valence electrons. The molecule has 0 bridgehead atoms. The summed E-state index contributed by atoms with van der Waals surface area (Å²) in [5.41, 5.74) is 2.10. The predicted molar refractivity (Wildman–Crippen MR) is 104 cm³/mol. The number of hydrogen-bond donors (Lipinski definition) is 0. The first-order valence-electron chi connectivity index (χ1n) is 8.90. The van der Waals surface area contributed by atoms with Gasteiger partial charge in [-0.2, -0.15) is 4.31 Å². The number of benzene rings is 2. The molecule has 0 saturated carbocycles. The summed E-state index contributed by atoms with van der Waals surface area (Å²) < 4.78 is 27.4. The highest BCUT2D eigenvalue weighted by atomic mass is 32.2. The number of nitrogens with zero attached hydrogens (tertiary/aromatic N) is 2. The van der Waals surface area contributed by atoms with Crippen molar-refractivity contribution in [3.63, 3.8) is 0 Å². The maximum Gasteiger partial charge on any atom is 0.243 e. The van der Waals surface area contributed by atoms with Gasteiger partial charge in [0.15, 0.2) is 0 Å². The van der Waals surface area contributed by atoms with Crippen LogP contribution in [0.15, 0.2) is 59.5 Å². The standard InChI is InChI=1S/C20H28N2O2S/c1-4-21(5-2)16-17-22(6-3)25(23,24)20-14-12-19(13-15-20)18-10-8-7-9-11-18/h7-15H,4-6,16-17H2,1-3H3. The van der Waals surface area contributed by atoms with Gasteiger partial charge in [-0.15, -0.1) is 0 Å². The Hall–Kier alpha value is -1.69. The first-order valence-corrected chi connectivity index (χ1v) is 10.3. The summed E-state index contributed by atoms with van der Waals surface area (Å²) in [7, 11) is -3.46. The van der Waals surface area contributed by atoms with E-state index in [2.05, 4.69) is 18.7 Å². The fourth-order valence-corrected chi connectivity index (χ4v) is 4.28. The molecule has 0 amide bonds. The van der Waals surface area contributed by atoms with E-state index in [1.54, 1.807) is 16.4 Å². The number of sulfonamides is 1. The monoisotopic (exact) mass is 360 g/mol. The van der Waals surface area contributed by atoms with E-state index in [9.17, 15) is 8.42 Å². The van der Waals surface area contributed by atoms with Crippen LogP contribution in [0.3, 0.4) is 0 Å². The van der Waals surface area contributed by atoms with Gasteiger partial charge in [0.25, 0.3) is 0 Å². The topological polar surface area (TPSA) is 40.6 Å². The third-order valence-electron chi connectivity index (χ3n) is 4.51. The van der Waals surface area contributed by atoms with Crippen LogP contribution in [-0.2, 0) is 10.0 Å². The molecule has 0 unspecified atom stereocenters. The van der Waals surface area contributed by atoms with E-state index in [4.69, 9.17) is 0 Å². The molecule has 0 aromatic heterocycles. The van der Waals surface area contributed by atoms with Gasteiger partial charge in [-0.25, -0.2) is 8.42 Å². The SMILES string of the molecule is CCN(CC)CCN(CC)S(=O)(=O)c1ccc(-c2ccccc2)cc1. The van der Waals surface area contributed by atoms with Crippen LogP contribution in [0.1, 0.15) is 20.8 Å². The third kappa shape index (κ3) is 4.91. The second-order valence-electron chi connectivity index (χ2n) is 5.91. The summed E-state index contributed by atoms with van der Waals surface area (Å²) in [6.45, 7) is 9.68. The van der Waals surface area contributed by atoms with Gasteiger partial charge >= 0.3 is 0 Å². The Labute approximate surface area is 152 Å². The fourth-order valence-electron chi connectivity index (χ4n) is 2.84. The van der Waals surface area contributed by atoms with Crippen molar-refractivity contribution >= 4 is 10.0 Å². The third-order valence-corrected chi connectivity index (χ3v) is 6.50. The van der Waals surface area contributed by atoms with E-state index in [0.29, 0.717) is 18.0 Å². The van der Waals surface area contributed by atoms with E-state index >= 15 is 0 Å². The summed E-state index contributed by atoms with van der Waals surface area (Å²) in [4.78, 5) is 2.59. The lowest BCUT2D eigenvalue weighted by atomic mass is 10.1. The molecule has 0 aliphatic carbocycles. The summed E-state index contributed by atoms with van der Waals surface area (Å²) >= 11 is 0. The molecule has 2 aromatic rings. The van der Waals surface area contributed by atoms with E-state index < -0.39 is 10.0 Å². The van der Waals surface area contributed by atoms with Gasteiger partial charge in [0.1, 0.15) is 0 Å². The Morgan fingerprint density at radius 1 is 0.720 bits per heavy atom.